The van der Waals surface area contributed by atoms with Gasteiger partial charge in [-0.1, -0.05) is 138 Å². The highest BCUT2D eigenvalue weighted by Gasteiger charge is 2.40. The lowest BCUT2D eigenvalue weighted by Crippen LogP contribution is -2.42. The quantitative estimate of drug-likeness (QED) is 0.0256. The maximum Gasteiger partial charge on any atom is 0.336 e. The average molecular weight is 879 g/mol. The van der Waals surface area contributed by atoms with Crippen LogP contribution < -0.4 is 0 Å². The van der Waals surface area contributed by atoms with Gasteiger partial charge in [-0.05, 0) is 38.5 Å². The number of aliphatic carboxylic acids is 3. The summed E-state index contributed by atoms with van der Waals surface area (Å²) in [7, 11) is 0. The molecule has 61 heavy (non-hydrogen) atoms. The third-order valence-electron chi connectivity index (χ3n) is 9.98. The molecule has 0 radical (unpaired) electrons. The Hall–Kier alpha value is -3.30. The smallest absolute Gasteiger partial charge is 0.336 e. The first-order valence-electron chi connectivity index (χ1n) is 23.2. The van der Waals surface area contributed by atoms with E-state index in [2.05, 4.69) is 13.8 Å². The van der Waals surface area contributed by atoms with E-state index in [4.69, 9.17) is 44.1 Å². The maximum atomic E-state index is 11.6. The second kappa shape index (κ2) is 44.7. The zero-order valence-corrected chi connectivity index (χ0v) is 38.9. The molecule has 0 aromatic carbocycles. The number of carbonyl (C=O) groups excluding carboxylic acids is 3. The largest absolute Gasteiger partial charge is 0.481 e. The van der Waals surface area contributed by atoms with E-state index in [9.17, 15) is 28.8 Å². The van der Waals surface area contributed by atoms with Crippen molar-refractivity contribution in [2.75, 3.05) is 46.2 Å². The molecule has 0 atom stereocenters. The number of carboxylic acid groups (broad SMARTS) is 3. The summed E-state index contributed by atoms with van der Waals surface area (Å²) in [5, 5.41) is 33.8. The molecule has 0 fully saturated rings. The second-order valence-electron chi connectivity index (χ2n) is 15.3. The first kappa shape index (κ1) is 62.0. The van der Waals surface area contributed by atoms with Gasteiger partial charge in [-0.15, -0.1) is 0 Å². The van der Waals surface area contributed by atoms with E-state index in [1.807, 2.05) is 27.7 Å². The van der Waals surface area contributed by atoms with E-state index >= 15 is 0 Å². The summed E-state index contributed by atoms with van der Waals surface area (Å²) in [5.41, 5.74) is -2.74. The van der Waals surface area contributed by atoms with Crippen molar-refractivity contribution in [3.05, 3.63) is 0 Å². The minimum Gasteiger partial charge on any atom is -0.481 e. The average Bonchev–Trinajstić information content (AvgIpc) is 3.21. The minimum absolute atomic E-state index is 0.00172. The number of ether oxygens (including phenoxy) is 5. The molecule has 4 N–H and O–H groups in total. The van der Waals surface area contributed by atoms with Gasteiger partial charge in [-0.3, -0.25) is 24.0 Å². The molecule has 0 amide bonds. The van der Waals surface area contributed by atoms with Gasteiger partial charge >= 0.3 is 35.8 Å². The maximum absolute atomic E-state index is 11.6. The topological polar surface area (TPSA) is 229 Å². The molecule has 15 nitrogen and oxygen atoms in total. The summed E-state index contributed by atoms with van der Waals surface area (Å²) in [5.74, 6) is -5.36. The normalized spacial score (nSPS) is 11.0. The number of hydrogen-bond acceptors (Lipinski definition) is 12. The van der Waals surface area contributed by atoms with Crippen LogP contribution >= 0.6 is 0 Å². The van der Waals surface area contributed by atoms with Crippen LogP contribution in [0.25, 0.3) is 0 Å². The lowest BCUT2D eigenvalue weighted by Gasteiger charge is -2.18. The van der Waals surface area contributed by atoms with Gasteiger partial charge in [0.2, 0.25) is 0 Å². The molecule has 360 valence electrons. The van der Waals surface area contributed by atoms with E-state index < -0.39 is 36.4 Å². The van der Waals surface area contributed by atoms with Crippen molar-refractivity contribution < 1.29 is 72.9 Å². The third kappa shape index (κ3) is 41.8. The van der Waals surface area contributed by atoms with Crippen molar-refractivity contribution in [1.82, 2.24) is 0 Å². The van der Waals surface area contributed by atoms with E-state index in [1.165, 1.54) is 89.9 Å². The molecule has 0 aromatic rings. The summed E-state index contributed by atoms with van der Waals surface area (Å²) in [4.78, 5) is 65.1. The molecule has 0 rings (SSSR count). The Labute approximate surface area is 367 Å². The van der Waals surface area contributed by atoms with Gasteiger partial charge in [0.1, 0.15) is 13.2 Å². The van der Waals surface area contributed by atoms with Crippen LogP contribution in [0.3, 0.4) is 0 Å². The molecule has 0 heterocycles. The van der Waals surface area contributed by atoms with Crippen molar-refractivity contribution in [3.63, 3.8) is 0 Å². The van der Waals surface area contributed by atoms with Gasteiger partial charge in [0.05, 0.1) is 57.7 Å². The van der Waals surface area contributed by atoms with Crippen LogP contribution in [0, 0.1) is 11.8 Å². The molecule has 0 aliphatic carbocycles. The number of esters is 3. The summed E-state index contributed by atoms with van der Waals surface area (Å²) >= 11 is 0. The second-order valence-corrected chi connectivity index (χ2v) is 15.3. The summed E-state index contributed by atoms with van der Waals surface area (Å²) < 4.78 is 26.1. The zero-order chi connectivity index (χ0) is 46.6. The van der Waals surface area contributed by atoms with E-state index in [0.717, 1.165) is 44.9 Å². The highest BCUT2D eigenvalue weighted by atomic mass is 16.6. The Balaban J connectivity index is -0.000000866. The Morgan fingerprint density at radius 3 is 1.07 bits per heavy atom. The monoisotopic (exact) mass is 879 g/mol. The molecule has 15 heteroatoms. The van der Waals surface area contributed by atoms with Crippen molar-refractivity contribution in [2.24, 2.45) is 11.8 Å². The summed E-state index contributed by atoms with van der Waals surface area (Å²) in [6.45, 7) is 15.0. The predicted octanol–water partition coefficient (Wildman–Crippen LogP) is 9.32. The number of unbranched alkanes of at least 4 members (excludes halogenated alkanes) is 15. The number of aliphatic hydroxyl groups is 1. The van der Waals surface area contributed by atoms with Gasteiger partial charge in [0.25, 0.3) is 0 Å². The fourth-order valence-electron chi connectivity index (χ4n) is 5.96. The number of carbonyl (C=O) groups is 6. The fourth-order valence-corrected chi connectivity index (χ4v) is 5.96. The van der Waals surface area contributed by atoms with Gasteiger partial charge < -0.3 is 44.1 Å². The van der Waals surface area contributed by atoms with E-state index in [1.54, 1.807) is 0 Å². The Morgan fingerprint density at radius 1 is 0.426 bits per heavy atom. The van der Waals surface area contributed by atoms with Crippen LogP contribution in [0.4, 0.5) is 0 Å². The Kier molecular flexibility index (Phi) is 45.5. The fraction of sp³-hybridized carbons (Fsp3) is 0.870. The molecule has 0 saturated heterocycles. The van der Waals surface area contributed by atoms with Crippen LogP contribution in [0.5, 0.6) is 0 Å². The van der Waals surface area contributed by atoms with Crippen molar-refractivity contribution in [1.29, 1.82) is 0 Å². The molecule has 0 unspecified atom stereocenters. The Bertz CT molecular complexity index is 1040. The highest BCUT2D eigenvalue weighted by molar-refractivity contribution is 5.88. The lowest BCUT2D eigenvalue weighted by atomic mass is 9.96. The van der Waals surface area contributed by atoms with Gasteiger partial charge in [-0.25, -0.2) is 4.79 Å². The van der Waals surface area contributed by atoms with Crippen molar-refractivity contribution in [3.8, 4) is 0 Å². The van der Waals surface area contributed by atoms with Crippen molar-refractivity contribution >= 4 is 35.8 Å². The molecule has 0 spiro atoms. The van der Waals surface area contributed by atoms with E-state index in [0.29, 0.717) is 39.5 Å². The first-order valence-corrected chi connectivity index (χ1v) is 23.2. The van der Waals surface area contributed by atoms with E-state index in [-0.39, 0.29) is 43.0 Å². The zero-order valence-electron chi connectivity index (χ0n) is 38.9. The van der Waals surface area contributed by atoms with Crippen LogP contribution in [-0.4, -0.2) is 108 Å². The van der Waals surface area contributed by atoms with Gasteiger partial charge in [-0.2, -0.15) is 0 Å². The van der Waals surface area contributed by atoms with Crippen LogP contribution in [0.2, 0.25) is 0 Å². The molecular formula is C46H86O15. The molecular weight excluding hydrogens is 792 g/mol. The molecule has 0 bridgehead atoms. The standard InChI is InChI=1S/C22H44O2.C18H34O6.C6H8O7/c1-3-5-7-8-9-10-11-12-13-14-15-16-17-18-19-20-22(23)24-21-6-4-2;1-5-15(6-2)17(19)23-13-11-21-9-10-22-12-14-24-18(20)16(7-3)8-4;7-3(8)1-6(13,5(11)12)2-4(9)10/h3-21H2,1-2H3;15-16H,5-14H2,1-4H3;13H,1-2H2,(H,7,8)(H,9,10)(H,11,12). The van der Waals surface area contributed by atoms with Crippen LogP contribution in [0.1, 0.15) is 196 Å². The summed E-state index contributed by atoms with van der Waals surface area (Å²) in [6.07, 6.45) is 24.0. The number of rotatable bonds is 39. The number of carboxylic acids is 3. The van der Waals surface area contributed by atoms with Gasteiger partial charge in [0, 0.05) is 6.42 Å². The molecule has 0 aromatic heterocycles. The summed E-state index contributed by atoms with van der Waals surface area (Å²) in [6, 6.07) is 0. The van der Waals surface area contributed by atoms with Crippen LogP contribution in [-0.2, 0) is 52.5 Å². The van der Waals surface area contributed by atoms with Gasteiger partial charge in [0.15, 0.2) is 5.60 Å². The third-order valence-corrected chi connectivity index (χ3v) is 9.98. The highest BCUT2D eigenvalue weighted by Crippen LogP contribution is 2.16. The molecule has 0 aliphatic heterocycles. The molecule has 0 aliphatic rings. The predicted molar refractivity (Wildman–Crippen MR) is 234 cm³/mol. The number of hydrogen-bond donors (Lipinski definition) is 4. The molecule has 0 saturated carbocycles. The first-order chi connectivity index (χ1) is 29.2. The SMILES string of the molecule is CCC(CC)C(=O)OCCOCCOCCOC(=O)C(CC)CC.CCCCCCCCCCCCCCCCCC(=O)OCCCC.O=C(O)CC(O)(CC(=O)O)C(=O)O. The lowest BCUT2D eigenvalue weighted by molar-refractivity contribution is -0.170. The van der Waals surface area contributed by atoms with Crippen molar-refractivity contribution in [2.45, 2.75) is 201 Å². The minimum atomic E-state index is -2.74. The Morgan fingerprint density at radius 2 is 0.754 bits per heavy atom. The van der Waals surface area contributed by atoms with Crippen LogP contribution in [0.15, 0.2) is 0 Å².